The van der Waals surface area contributed by atoms with Crippen molar-refractivity contribution in [2.75, 3.05) is 13.7 Å². The maximum Gasteiger partial charge on any atom is 0.159 e. The molecule has 0 aliphatic carbocycles. The van der Waals surface area contributed by atoms with Crippen molar-refractivity contribution in [3.05, 3.63) is 41.2 Å². The molecule has 21 heavy (non-hydrogen) atoms. The lowest BCUT2D eigenvalue weighted by Crippen LogP contribution is -2.15. The number of nitrogens with zero attached hydrogens (tertiary/aromatic N) is 2. The Bertz CT molecular complexity index is 611. The third-order valence-electron chi connectivity index (χ3n) is 3.29. The molecule has 1 heterocycles. The van der Waals surface area contributed by atoms with Gasteiger partial charge < -0.3 is 10.1 Å². The summed E-state index contributed by atoms with van der Waals surface area (Å²) >= 11 is 0. The number of nitrogens with one attached hydrogen (secondary N) is 1. The summed E-state index contributed by atoms with van der Waals surface area (Å²) in [5.74, 6) is 1.66. The first-order valence-corrected chi connectivity index (χ1v) is 7.34. The Labute approximate surface area is 126 Å². The molecule has 1 aromatic heterocycles. The Morgan fingerprint density at radius 2 is 1.95 bits per heavy atom. The van der Waals surface area contributed by atoms with E-state index in [4.69, 9.17) is 4.74 Å². The van der Waals surface area contributed by atoms with Crippen molar-refractivity contribution in [3.63, 3.8) is 0 Å². The molecule has 4 nitrogen and oxygen atoms in total. The first-order chi connectivity index (χ1) is 10.1. The van der Waals surface area contributed by atoms with Gasteiger partial charge in [0.25, 0.3) is 0 Å². The van der Waals surface area contributed by atoms with Crippen LogP contribution in [0.4, 0.5) is 0 Å². The second-order valence-corrected chi connectivity index (χ2v) is 5.19. The fourth-order valence-corrected chi connectivity index (χ4v) is 2.26. The van der Waals surface area contributed by atoms with Crippen LogP contribution in [0.3, 0.4) is 0 Å². The maximum absolute atomic E-state index is 5.30. The SMILES string of the molecule is CCCNCc1cc(C)nc(-c2ccc(OC)c(C)c2)n1. The van der Waals surface area contributed by atoms with Crippen molar-refractivity contribution in [2.24, 2.45) is 0 Å². The van der Waals surface area contributed by atoms with Gasteiger partial charge in [0.15, 0.2) is 5.82 Å². The predicted molar refractivity (Wildman–Crippen MR) is 85.5 cm³/mol. The van der Waals surface area contributed by atoms with E-state index < -0.39 is 0 Å². The Morgan fingerprint density at radius 3 is 2.62 bits per heavy atom. The van der Waals surface area contributed by atoms with Gasteiger partial charge in [-0.15, -0.1) is 0 Å². The normalized spacial score (nSPS) is 10.7. The van der Waals surface area contributed by atoms with Gasteiger partial charge in [0.05, 0.1) is 12.8 Å². The summed E-state index contributed by atoms with van der Waals surface area (Å²) in [6, 6.07) is 8.06. The minimum absolute atomic E-state index is 0.772. The molecular weight excluding hydrogens is 262 g/mol. The van der Waals surface area contributed by atoms with E-state index in [1.807, 2.05) is 32.0 Å². The molecular formula is C17H23N3O. The molecule has 0 bridgehead atoms. The lowest BCUT2D eigenvalue weighted by Gasteiger charge is -2.09. The van der Waals surface area contributed by atoms with E-state index in [0.29, 0.717) is 0 Å². The Hall–Kier alpha value is -1.94. The molecule has 2 rings (SSSR count). The zero-order valence-corrected chi connectivity index (χ0v) is 13.2. The van der Waals surface area contributed by atoms with Crippen molar-refractivity contribution >= 4 is 0 Å². The van der Waals surface area contributed by atoms with Gasteiger partial charge in [0.2, 0.25) is 0 Å². The molecule has 0 fully saturated rings. The minimum atomic E-state index is 0.772. The topological polar surface area (TPSA) is 47.0 Å². The molecule has 0 atom stereocenters. The molecule has 0 unspecified atom stereocenters. The fraction of sp³-hybridized carbons (Fsp3) is 0.412. The van der Waals surface area contributed by atoms with Gasteiger partial charge in [-0.25, -0.2) is 9.97 Å². The quantitative estimate of drug-likeness (QED) is 0.828. The van der Waals surface area contributed by atoms with Crippen molar-refractivity contribution in [3.8, 4) is 17.1 Å². The van der Waals surface area contributed by atoms with Crippen molar-refractivity contribution in [1.29, 1.82) is 0 Å². The average Bonchev–Trinajstić information content (AvgIpc) is 2.47. The van der Waals surface area contributed by atoms with Gasteiger partial charge in [-0.3, -0.25) is 0 Å². The molecule has 0 aliphatic heterocycles. The third kappa shape index (κ3) is 4.02. The second-order valence-electron chi connectivity index (χ2n) is 5.19. The monoisotopic (exact) mass is 285 g/mol. The first-order valence-electron chi connectivity index (χ1n) is 7.34. The summed E-state index contributed by atoms with van der Waals surface area (Å²) in [5, 5.41) is 3.38. The summed E-state index contributed by atoms with van der Waals surface area (Å²) in [6.45, 7) is 7.97. The van der Waals surface area contributed by atoms with Crippen molar-refractivity contribution in [1.82, 2.24) is 15.3 Å². The summed E-state index contributed by atoms with van der Waals surface area (Å²) < 4.78 is 5.30. The van der Waals surface area contributed by atoms with Gasteiger partial charge in [-0.2, -0.15) is 0 Å². The van der Waals surface area contributed by atoms with E-state index in [2.05, 4.69) is 28.3 Å². The van der Waals surface area contributed by atoms with Crippen molar-refractivity contribution < 1.29 is 4.74 Å². The summed E-state index contributed by atoms with van der Waals surface area (Å²) in [7, 11) is 1.68. The number of rotatable bonds is 6. The third-order valence-corrected chi connectivity index (χ3v) is 3.29. The van der Waals surface area contributed by atoms with Gasteiger partial charge >= 0.3 is 0 Å². The minimum Gasteiger partial charge on any atom is -0.496 e. The number of methoxy groups -OCH3 is 1. The molecule has 0 amide bonds. The van der Waals surface area contributed by atoms with E-state index in [0.717, 1.165) is 53.6 Å². The number of aryl methyl sites for hydroxylation is 2. The standard InChI is InChI=1S/C17H23N3O/c1-5-8-18-11-15-10-13(3)19-17(20-15)14-6-7-16(21-4)12(2)9-14/h6-7,9-10,18H,5,8,11H2,1-4H3. The molecule has 112 valence electrons. The highest BCUT2D eigenvalue weighted by molar-refractivity contribution is 5.58. The summed E-state index contributed by atoms with van der Waals surface area (Å²) in [4.78, 5) is 9.21. The van der Waals surface area contributed by atoms with Crippen LogP contribution in [0, 0.1) is 13.8 Å². The van der Waals surface area contributed by atoms with E-state index in [-0.39, 0.29) is 0 Å². The van der Waals surface area contributed by atoms with Crippen LogP contribution in [0.2, 0.25) is 0 Å². The first kappa shape index (κ1) is 15.4. The zero-order valence-electron chi connectivity index (χ0n) is 13.2. The van der Waals surface area contributed by atoms with Crippen LogP contribution in [0.1, 0.15) is 30.3 Å². The van der Waals surface area contributed by atoms with E-state index >= 15 is 0 Å². The zero-order chi connectivity index (χ0) is 15.2. The number of hydrogen-bond acceptors (Lipinski definition) is 4. The van der Waals surface area contributed by atoms with Gasteiger partial charge in [-0.05, 0) is 56.6 Å². The molecule has 2 aromatic rings. The predicted octanol–water partition coefficient (Wildman–Crippen LogP) is 3.27. The summed E-state index contributed by atoms with van der Waals surface area (Å²) in [6.07, 6.45) is 1.12. The van der Waals surface area contributed by atoms with Crippen molar-refractivity contribution in [2.45, 2.75) is 33.7 Å². The smallest absolute Gasteiger partial charge is 0.159 e. The molecule has 0 aliphatic rings. The molecule has 1 aromatic carbocycles. The Balaban J connectivity index is 2.28. The lowest BCUT2D eigenvalue weighted by atomic mass is 10.1. The van der Waals surface area contributed by atoms with Crippen LogP contribution in [-0.2, 0) is 6.54 Å². The highest BCUT2D eigenvalue weighted by Gasteiger charge is 2.07. The second kappa shape index (κ2) is 7.18. The number of ether oxygens (including phenoxy) is 1. The summed E-state index contributed by atoms with van der Waals surface area (Å²) in [5.41, 5.74) is 4.13. The molecule has 0 spiro atoms. The van der Waals surface area contributed by atoms with Crippen LogP contribution in [0.25, 0.3) is 11.4 Å². The molecule has 0 saturated heterocycles. The van der Waals surface area contributed by atoms with Gasteiger partial charge in [0.1, 0.15) is 5.75 Å². The molecule has 4 heteroatoms. The van der Waals surface area contributed by atoms with Crippen LogP contribution < -0.4 is 10.1 Å². The van der Waals surface area contributed by atoms with Gasteiger partial charge in [0, 0.05) is 17.8 Å². The maximum atomic E-state index is 5.30. The van der Waals surface area contributed by atoms with Crippen LogP contribution in [0.5, 0.6) is 5.75 Å². The lowest BCUT2D eigenvalue weighted by molar-refractivity contribution is 0.412. The largest absolute Gasteiger partial charge is 0.496 e. The number of hydrogen-bond donors (Lipinski definition) is 1. The highest BCUT2D eigenvalue weighted by Crippen LogP contribution is 2.24. The number of benzene rings is 1. The van der Waals surface area contributed by atoms with Crippen LogP contribution in [-0.4, -0.2) is 23.6 Å². The molecule has 0 radical (unpaired) electrons. The van der Waals surface area contributed by atoms with E-state index in [9.17, 15) is 0 Å². The molecule has 0 saturated carbocycles. The van der Waals surface area contributed by atoms with Crippen LogP contribution in [0.15, 0.2) is 24.3 Å². The van der Waals surface area contributed by atoms with E-state index in [1.54, 1.807) is 7.11 Å². The highest BCUT2D eigenvalue weighted by atomic mass is 16.5. The Morgan fingerprint density at radius 1 is 1.14 bits per heavy atom. The van der Waals surface area contributed by atoms with Gasteiger partial charge in [-0.1, -0.05) is 6.92 Å². The van der Waals surface area contributed by atoms with Crippen LogP contribution >= 0.6 is 0 Å². The fourth-order valence-electron chi connectivity index (χ4n) is 2.26. The average molecular weight is 285 g/mol. The number of aromatic nitrogens is 2. The Kier molecular flexibility index (Phi) is 5.28. The van der Waals surface area contributed by atoms with E-state index in [1.165, 1.54) is 0 Å². The molecule has 1 N–H and O–H groups in total.